The SMILES string of the molecule is CC/C=C(\C=NC)Nc1ncc(-c2ccc(CC(=O)Nc3ccnc(OC)c3)cc2)cn1. The van der Waals surface area contributed by atoms with Crippen molar-refractivity contribution in [3.05, 3.63) is 72.3 Å². The molecule has 0 atom stereocenters. The van der Waals surface area contributed by atoms with Crippen LogP contribution in [-0.2, 0) is 11.2 Å². The topological polar surface area (TPSA) is 101 Å². The van der Waals surface area contributed by atoms with Crippen molar-refractivity contribution in [2.24, 2.45) is 4.99 Å². The van der Waals surface area contributed by atoms with Crippen molar-refractivity contribution in [2.75, 3.05) is 24.8 Å². The van der Waals surface area contributed by atoms with Gasteiger partial charge in [0.05, 0.1) is 19.2 Å². The van der Waals surface area contributed by atoms with Gasteiger partial charge in [-0.1, -0.05) is 37.3 Å². The first kappa shape index (κ1) is 22.6. The monoisotopic (exact) mass is 430 g/mol. The molecule has 0 spiro atoms. The third-order valence-electron chi connectivity index (χ3n) is 4.48. The van der Waals surface area contributed by atoms with Crippen LogP contribution in [-0.4, -0.2) is 41.2 Å². The van der Waals surface area contributed by atoms with Crippen LogP contribution in [0.3, 0.4) is 0 Å². The zero-order chi connectivity index (χ0) is 22.8. The molecule has 164 valence electrons. The highest BCUT2D eigenvalue weighted by Gasteiger charge is 2.07. The minimum absolute atomic E-state index is 0.115. The van der Waals surface area contributed by atoms with Gasteiger partial charge in [-0.25, -0.2) is 15.0 Å². The summed E-state index contributed by atoms with van der Waals surface area (Å²) in [5, 5.41) is 6.00. The summed E-state index contributed by atoms with van der Waals surface area (Å²) < 4.78 is 5.07. The molecule has 0 aliphatic carbocycles. The van der Waals surface area contributed by atoms with Crippen molar-refractivity contribution in [3.8, 4) is 17.0 Å². The van der Waals surface area contributed by atoms with Crippen molar-refractivity contribution < 1.29 is 9.53 Å². The first-order chi connectivity index (χ1) is 15.6. The summed E-state index contributed by atoms with van der Waals surface area (Å²) in [4.78, 5) is 29.2. The van der Waals surface area contributed by atoms with E-state index in [-0.39, 0.29) is 12.3 Å². The maximum atomic E-state index is 12.3. The van der Waals surface area contributed by atoms with E-state index in [0.717, 1.165) is 28.8 Å². The lowest BCUT2D eigenvalue weighted by atomic mass is 10.1. The van der Waals surface area contributed by atoms with Gasteiger partial charge in [-0.05, 0) is 23.6 Å². The van der Waals surface area contributed by atoms with Crippen LogP contribution in [0, 0.1) is 0 Å². The molecule has 3 aromatic rings. The average Bonchev–Trinajstić information content (AvgIpc) is 2.80. The van der Waals surface area contributed by atoms with E-state index in [9.17, 15) is 4.79 Å². The number of nitrogens with one attached hydrogen (secondary N) is 2. The fourth-order valence-corrected chi connectivity index (χ4v) is 2.97. The van der Waals surface area contributed by atoms with E-state index in [4.69, 9.17) is 4.74 Å². The molecule has 8 nitrogen and oxygen atoms in total. The number of aliphatic imine (C=N–C) groups is 1. The summed E-state index contributed by atoms with van der Waals surface area (Å²) in [5.74, 6) is 0.845. The highest BCUT2D eigenvalue weighted by atomic mass is 16.5. The molecule has 0 radical (unpaired) electrons. The van der Waals surface area contributed by atoms with Crippen molar-refractivity contribution >= 4 is 23.8 Å². The lowest BCUT2D eigenvalue weighted by Crippen LogP contribution is -2.14. The Kier molecular flexibility index (Phi) is 8.02. The lowest BCUT2D eigenvalue weighted by molar-refractivity contribution is -0.115. The molecule has 8 heteroatoms. The third kappa shape index (κ3) is 6.46. The minimum atomic E-state index is -0.115. The molecule has 2 N–H and O–H groups in total. The Morgan fingerprint density at radius 3 is 2.47 bits per heavy atom. The van der Waals surface area contributed by atoms with Gasteiger partial charge in [-0.15, -0.1) is 0 Å². The predicted octanol–water partition coefficient (Wildman–Crippen LogP) is 4.13. The molecular formula is C24H26N6O2. The molecule has 0 aliphatic rings. The van der Waals surface area contributed by atoms with E-state index in [1.54, 1.807) is 44.0 Å². The molecule has 3 rings (SSSR count). The summed E-state index contributed by atoms with van der Waals surface area (Å²) in [6, 6.07) is 11.2. The minimum Gasteiger partial charge on any atom is -0.481 e. The number of allylic oxidation sites excluding steroid dienone is 2. The number of hydrogen-bond acceptors (Lipinski definition) is 7. The van der Waals surface area contributed by atoms with Crippen LogP contribution in [0.5, 0.6) is 5.88 Å². The first-order valence-corrected chi connectivity index (χ1v) is 10.2. The fourth-order valence-electron chi connectivity index (χ4n) is 2.97. The predicted molar refractivity (Wildman–Crippen MR) is 127 cm³/mol. The second kappa shape index (κ2) is 11.4. The number of amides is 1. The van der Waals surface area contributed by atoms with E-state index in [0.29, 0.717) is 17.5 Å². The molecule has 0 saturated heterocycles. The summed E-state index contributed by atoms with van der Waals surface area (Å²) in [5.41, 5.74) is 4.27. The molecule has 1 amide bonds. The van der Waals surface area contributed by atoms with Crippen LogP contribution >= 0.6 is 0 Å². The Bertz CT molecular complexity index is 1090. The van der Waals surface area contributed by atoms with Gasteiger partial charge in [0, 0.05) is 49.2 Å². The van der Waals surface area contributed by atoms with E-state index in [1.807, 2.05) is 30.3 Å². The summed E-state index contributed by atoms with van der Waals surface area (Å²) >= 11 is 0. The molecule has 0 fully saturated rings. The maximum absolute atomic E-state index is 12.3. The van der Waals surface area contributed by atoms with Crippen molar-refractivity contribution in [1.29, 1.82) is 0 Å². The Labute approximate surface area is 187 Å². The van der Waals surface area contributed by atoms with Gasteiger partial charge < -0.3 is 15.4 Å². The molecule has 2 aromatic heterocycles. The summed E-state index contributed by atoms with van der Waals surface area (Å²) in [6.07, 6.45) is 10.0. The van der Waals surface area contributed by atoms with Crippen LogP contribution in [0.2, 0.25) is 0 Å². The largest absolute Gasteiger partial charge is 0.481 e. The quantitative estimate of drug-likeness (QED) is 0.495. The number of aromatic nitrogens is 3. The van der Waals surface area contributed by atoms with Crippen LogP contribution in [0.1, 0.15) is 18.9 Å². The van der Waals surface area contributed by atoms with Gasteiger partial charge in [0.2, 0.25) is 17.7 Å². The number of anilines is 2. The van der Waals surface area contributed by atoms with E-state index in [2.05, 4.69) is 37.5 Å². The molecule has 1 aromatic carbocycles. The van der Waals surface area contributed by atoms with Gasteiger partial charge in [-0.3, -0.25) is 9.79 Å². The second-order valence-electron chi connectivity index (χ2n) is 6.88. The summed E-state index contributed by atoms with van der Waals surface area (Å²) in [6.45, 7) is 2.05. The number of rotatable bonds is 9. The lowest BCUT2D eigenvalue weighted by Gasteiger charge is -2.08. The Balaban J connectivity index is 1.61. The van der Waals surface area contributed by atoms with Gasteiger partial charge in [0.25, 0.3) is 0 Å². The number of methoxy groups -OCH3 is 1. The van der Waals surface area contributed by atoms with Crippen molar-refractivity contribution in [3.63, 3.8) is 0 Å². The highest BCUT2D eigenvalue weighted by molar-refractivity contribution is 5.92. The molecule has 0 saturated carbocycles. The molecule has 2 heterocycles. The van der Waals surface area contributed by atoms with E-state index < -0.39 is 0 Å². The normalized spacial score (nSPS) is 11.4. The van der Waals surface area contributed by atoms with Crippen LogP contribution in [0.25, 0.3) is 11.1 Å². The molecule has 32 heavy (non-hydrogen) atoms. The van der Waals surface area contributed by atoms with Gasteiger partial charge in [0.15, 0.2) is 0 Å². The van der Waals surface area contributed by atoms with Crippen molar-refractivity contribution in [2.45, 2.75) is 19.8 Å². The van der Waals surface area contributed by atoms with Gasteiger partial charge >= 0.3 is 0 Å². The van der Waals surface area contributed by atoms with Crippen molar-refractivity contribution in [1.82, 2.24) is 15.0 Å². The number of carbonyl (C=O) groups is 1. The van der Waals surface area contributed by atoms with Gasteiger partial charge in [0.1, 0.15) is 0 Å². The Hall–Kier alpha value is -4.07. The molecule has 0 bridgehead atoms. The molecule has 0 aliphatic heterocycles. The van der Waals surface area contributed by atoms with Crippen LogP contribution < -0.4 is 15.4 Å². The molecular weight excluding hydrogens is 404 g/mol. The standard InChI is InChI=1S/C24H26N6O2/c1-4-5-21(16-25-2)30-24-27-14-19(15-28-24)18-8-6-17(7-9-18)12-22(31)29-20-10-11-26-23(13-20)32-3/h5-11,13-16H,4,12H2,1-3H3,(H,26,29,31)(H,27,28,30)/b21-5+,25-16?. The van der Waals surface area contributed by atoms with Crippen LogP contribution in [0.4, 0.5) is 11.6 Å². The van der Waals surface area contributed by atoms with Gasteiger partial charge in [-0.2, -0.15) is 0 Å². The third-order valence-corrected chi connectivity index (χ3v) is 4.48. The Morgan fingerprint density at radius 1 is 1.06 bits per heavy atom. The van der Waals surface area contributed by atoms with E-state index in [1.165, 1.54) is 7.11 Å². The summed E-state index contributed by atoms with van der Waals surface area (Å²) in [7, 11) is 3.26. The zero-order valence-electron chi connectivity index (χ0n) is 18.4. The van der Waals surface area contributed by atoms with E-state index >= 15 is 0 Å². The number of benzene rings is 1. The van der Waals surface area contributed by atoms with Crippen LogP contribution in [0.15, 0.2) is 71.8 Å². The highest BCUT2D eigenvalue weighted by Crippen LogP contribution is 2.20. The smallest absolute Gasteiger partial charge is 0.228 e. The zero-order valence-corrected chi connectivity index (χ0v) is 18.4. The number of nitrogens with zero attached hydrogens (tertiary/aromatic N) is 4. The first-order valence-electron chi connectivity index (χ1n) is 10.2. The molecule has 0 unspecified atom stereocenters. The number of ether oxygens (including phenoxy) is 1. The maximum Gasteiger partial charge on any atom is 0.228 e. The number of carbonyl (C=O) groups excluding carboxylic acids is 1. The fraction of sp³-hybridized carbons (Fsp3) is 0.208. The number of pyridine rings is 1. The number of hydrogen-bond donors (Lipinski definition) is 2. The Morgan fingerprint density at radius 2 is 1.81 bits per heavy atom. The second-order valence-corrected chi connectivity index (χ2v) is 6.88. The average molecular weight is 431 g/mol.